The molecule has 2 unspecified atom stereocenters. The van der Waals surface area contributed by atoms with E-state index in [4.69, 9.17) is 10.8 Å². The zero-order chi connectivity index (χ0) is 13.8. The smallest absolute Gasteiger partial charge is 0.320 e. The Morgan fingerprint density at radius 2 is 2.22 bits per heavy atom. The van der Waals surface area contributed by atoms with Gasteiger partial charge in [0, 0.05) is 24.1 Å². The Labute approximate surface area is 104 Å². The monoisotopic (exact) mass is 274 g/mol. The summed E-state index contributed by atoms with van der Waals surface area (Å²) in [6.45, 7) is 0. The predicted molar refractivity (Wildman–Crippen MR) is 64.1 cm³/mol. The minimum atomic E-state index is -3.93. The van der Waals surface area contributed by atoms with E-state index in [9.17, 15) is 19.4 Å². The van der Waals surface area contributed by atoms with E-state index in [1.54, 1.807) is 0 Å². The van der Waals surface area contributed by atoms with Gasteiger partial charge in [-0.15, -0.1) is 0 Å². The molecule has 1 rings (SSSR count). The van der Waals surface area contributed by atoms with E-state index in [0.29, 0.717) is 0 Å². The molecule has 0 amide bonds. The van der Waals surface area contributed by atoms with Crippen LogP contribution in [-0.2, 0) is 9.36 Å². The Kier molecular flexibility index (Phi) is 4.98. The van der Waals surface area contributed by atoms with Crippen molar-refractivity contribution in [2.24, 2.45) is 5.73 Å². The van der Waals surface area contributed by atoms with Gasteiger partial charge in [0.15, 0.2) is 5.85 Å². The molecule has 0 aromatic carbocycles. The first-order valence-electron chi connectivity index (χ1n) is 5.22. The molecule has 0 saturated heterocycles. The number of nitrogens with two attached hydrogens (primary N) is 1. The van der Waals surface area contributed by atoms with Crippen LogP contribution in [0.4, 0.5) is 0 Å². The first-order chi connectivity index (χ1) is 8.34. The Morgan fingerprint density at radius 3 is 2.72 bits per heavy atom. The van der Waals surface area contributed by atoms with Crippen LogP contribution in [0.3, 0.4) is 0 Å². The average Bonchev–Trinajstić information content (AvgIpc) is 2.36. The molecule has 0 aliphatic rings. The fraction of sp³-hybridized carbons (Fsp3) is 0.400. The van der Waals surface area contributed by atoms with Gasteiger partial charge in [0.05, 0.1) is 0 Å². The largest absolute Gasteiger partial charge is 0.480 e. The lowest BCUT2D eigenvalue weighted by Crippen LogP contribution is -2.31. The summed E-state index contributed by atoms with van der Waals surface area (Å²) in [6.07, 6.45) is 2.21. The third-order valence-corrected chi connectivity index (χ3v) is 4.40. The van der Waals surface area contributed by atoms with Crippen molar-refractivity contribution in [3.63, 3.8) is 0 Å². The molecule has 8 heteroatoms. The fourth-order valence-electron chi connectivity index (χ4n) is 1.33. The van der Waals surface area contributed by atoms with Gasteiger partial charge in [-0.2, -0.15) is 0 Å². The highest BCUT2D eigenvalue weighted by Gasteiger charge is 2.31. The highest BCUT2D eigenvalue weighted by atomic mass is 31.2. The van der Waals surface area contributed by atoms with Crippen LogP contribution in [-0.4, -0.2) is 38.3 Å². The van der Waals surface area contributed by atoms with Gasteiger partial charge in [0.2, 0.25) is 7.37 Å². The number of carboxylic acids is 1. The van der Waals surface area contributed by atoms with Crippen LogP contribution >= 0.6 is 7.37 Å². The topological polar surface area (TPSA) is 134 Å². The molecule has 0 saturated carbocycles. The Bertz CT molecular complexity index is 453. The fourth-order valence-corrected chi connectivity index (χ4v) is 2.84. The highest BCUT2D eigenvalue weighted by molar-refractivity contribution is 7.58. The van der Waals surface area contributed by atoms with Crippen molar-refractivity contribution >= 4 is 13.3 Å². The second kappa shape index (κ2) is 6.06. The van der Waals surface area contributed by atoms with Crippen molar-refractivity contribution in [2.75, 3.05) is 6.16 Å². The number of hydrogen-bond donors (Lipinski definition) is 4. The molecule has 0 aliphatic heterocycles. The molecule has 100 valence electrons. The zero-order valence-corrected chi connectivity index (χ0v) is 10.4. The molecule has 5 N–H and O–H groups in total. The molecule has 0 spiro atoms. The SMILES string of the molecule is N[C@@H](CCP(=O)(O)C(O)c1cccnc1)C(=O)O. The molecular weight excluding hydrogens is 259 g/mol. The van der Waals surface area contributed by atoms with Crippen molar-refractivity contribution < 1.29 is 24.5 Å². The van der Waals surface area contributed by atoms with E-state index in [2.05, 4.69) is 4.98 Å². The summed E-state index contributed by atoms with van der Waals surface area (Å²) >= 11 is 0. The molecule has 0 bridgehead atoms. The molecule has 1 aromatic heterocycles. The van der Waals surface area contributed by atoms with Crippen LogP contribution in [0.1, 0.15) is 17.8 Å². The summed E-state index contributed by atoms with van der Waals surface area (Å²) in [7, 11) is -3.93. The van der Waals surface area contributed by atoms with Crippen LogP contribution in [0, 0.1) is 0 Å². The lowest BCUT2D eigenvalue weighted by atomic mass is 10.2. The second-order valence-electron chi connectivity index (χ2n) is 3.87. The lowest BCUT2D eigenvalue weighted by Gasteiger charge is -2.19. The summed E-state index contributed by atoms with van der Waals surface area (Å²) in [6, 6.07) is 1.78. The van der Waals surface area contributed by atoms with E-state index in [0.717, 1.165) is 0 Å². The third kappa shape index (κ3) is 3.89. The van der Waals surface area contributed by atoms with Crippen LogP contribution < -0.4 is 5.73 Å². The van der Waals surface area contributed by atoms with E-state index in [-0.39, 0.29) is 18.1 Å². The Hall–Kier alpha value is -1.27. The number of aliphatic hydroxyl groups excluding tert-OH is 1. The van der Waals surface area contributed by atoms with Crippen LogP contribution in [0.15, 0.2) is 24.5 Å². The normalized spacial score (nSPS) is 17.7. The Balaban J connectivity index is 2.69. The molecular formula is C10H15N2O5P. The number of carboxylic acid groups (broad SMARTS) is 1. The maximum absolute atomic E-state index is 11.9. The van der Waals surface area contributed by atoms with Gasteiger partial charge >= 0.3 is 5.97 Å². The van der Waals surface area contributed by atoms with Crippen LogP contribution in [0.2, 0.25) is 0 Å². The molecule has 7 nitrogen and oxygen atoms in total. The number of rotatable bonds is 6. The summed E-state index contributed by atoms with van der Waals surface area (Å²) in [5.74, 6) is -2.82. The summed E-state index contributed by atoms with van der Waals surface area (Å²) < 4.78 is 11.9. The average molecular weight is 274 g/mol. The van der Waals surface area contributed by atoms with Gasteiger partial charge in [0.25, 0.3) is 0 Å². The maximum Gasteiger partial charge on any atom is 0.320 e. The van der Waals surface area contributed by atoms with Crippen molar-refractivity contribution in [1.29, 1.82) is 0 Å². The molecule has 3 atom stereocenters. The number of aliphatic carboxylic acids is 1. The number of aromatic nitrogens is 1. The number of nitrogens with zero attached hydrogens (tertiary/aromatic N) is 1. The lowest BCUT2D eigenvalue weighted by molar-refractivity contribution is -0.138. The highest BCUT2D eigenvalue weighted by Crippen LogP contribution is 2.54. The van der Waals surface area contributed by atoms with Crippen LogP contribution in [0.25, 0.3) is 0 Å². The van der Waals surface area contributed by atoms with Crippen molar-refractivity contribution in [3.05, 3.63) is 30.1 Å². The van der Waals surface area contributed by atoms with Gasteiger partial charge in [-0.05, 0) is 12.5 Å². The first kappa shape index (κ1) is 14.8. The number of hydrogen-bond acceptors (Lipinski definition) is 5. The molecule has 0 aliphatic carbocycles. The van der Waals surface area contributed by atoms with Gasteiger partial charge in [-0.25, -0.2) is 0 Å². The van der Waals surface area contributed by atoms with E-state index in [1.165, 1.54) is 24.5 Å². The Morgan fingerprint density at radius 1 is 1.56 bits per heavy atom. The van der Waals surface area contributed by atoms with E-state index >= 15 is 0 Å². The van der Waals surface area contributed by atoms with Crippen molar-refractivity contribution in [2.45, 2.75) is 18.3 Å². The van der Waals surface area contributed by atoms with E-state index in [1.807, 2.05) is 0 Å². The summed E-state index contributed by atoms with van der Waals surface area (Å²) in [5, 5.41) is 18.3. The molecule has 18 heavy (non-hydrogen) atoms. The minimum Gasteiger partial charge on any atom is -0.480 e. The van der Waals surface area contributed by atoms with Gasteiger partial charge in [-0.1, -0.05) is 6.07 Å². The minimum absolute atomic E-state index is 0.180. The molecule has 1 aromatic rings. The van der Waals surface area contributed by atoms with Gasteiger partial charge in [-0.3, -0.25) is 14.3 Å². The molecule has 0 fully saturated rings. The number of aliphatic hydroxyl groups is 1. The second-order valence-corrected chi connectivity index (χ2v) is 6.32. The van der Waals surface area contributed by atoms with Crippen molar-refractivity contribution in [1.82, 2.24) is 4.98 Å². The first-order valence-corrected chi connectivity index (χ1v) is 7.14. The summed E-state index contributed by atoms with van der Waals surface area (Å²) in [5.41, 5.74) is 5.45. The maximum atomic E-state index is 11.9. The third-order valence-electron chi connectivity index (χ3n) is 2.44. The molecule has 1 heterocycles. The predicted octanol–water partition coefficient (Wildman–Crippen LogP) is 0.145. The standard InChI is InChI=1S/C10H15N2O5P/c11-8(9(13)14)3-5-18(16,17)10(15)7-2-1-4-12-6-7/h1-2,4,6,8,10,15H,3,5,11H2,(H,13,14)(H,16,17)/t8-,10?/m0/s1. The van der Waals surface area contributed by atoms with Crippen molar-refractivity contribution in [3.8, 4) is 0 Å². The van der Waals surface area contributed by atoms with Gasteiger partial charge in [0.1, 0.15) is 6.04 Å². The summed E-state index contributed by atoms with van der Waals surface area (Å²) in [4.78, 5) is 23.9. The number of carbonyl (C=O) groups is 1. The van der Waals surface area contributed by atoms with E-state index < -0.39 is 25.2 Å². The number of pyridine rings is 1. The quantitative estimate of drug-likeness (QED) is 0.542. The van der Waals surface area contributed by atoms with Gasteiger partial charge < -0.3 is 20.8 Å². The molecule has 0 radical (unpaired) electrons. The zero-order valence-electron chi connectivity index (χ0n) is 9.51. The van der Waals surface area contributed by atoms with Crippen LogP contribution in [0.5, 0.6) is 0 Å².